The number of sulfonamides is 1. The molecule has 0 amide bonds. The Kier molecular flexibility index (Phi) is 3.86. The van der Waals surface area contributed by atoms with Gasteiger partial charge in [-0.25, -0.2) is 13.1 Å². The van der Waals surface area contributed by atoms with Crippen LogP contribution < -0.4 is 10.5 Å². The first kappa shape index (κ1) is 14.9. The van der Waals surface area contributed by atoms with Crippen LogP contribution in [0.5, 0.6) is 0 Å². The monoisotopic (exact) mass is 313 g/mol. The number of hydrogen-bond donors (Lipinski definition) is 2. The summed E-state index contributed by atoms with van der Waals surface area (Å²) >= 11 is 0. The van der Waals surface area contributed by atoms with Crippen molar-refractivity contribution in [2.24, 2.45) is 0 Å². The van der Waals surface area contributed by atoms with Gasteiger partial charge in [0, 0.05) is 6.92 Å². The minimum atomic E-state index is -4.14. The Balaban J connectivity index is 2.32. The summed E-state index contributed by atoms with van der Waals surface area (Å²) in [5.74, 6) is 0.391. The molecule has 1 aromatic carbocycles. The number of aromatic nitrogens is 2. The van der Waals surface area contributed by atoms with E-state index in [0.717, 1.165) is 6.07 Å². The van der Waals surface area contributed by atoms with E-state index in [2.05, 4.69) is 14.9 Å². The van der Waals surface area contributed by atoms with Gasteiger partial charge in [-0.3, -0.25) is 10.1 Å². The number of aryl methyl sites for hydroxylation is 1. The molecule has 2 rings (SSSR count). The van der Waals surface area contributed by atoms with Crippen molar-refractivity contribution in [3.8, 4) is 0 Å². The molecular weight excluding hydrogens is 302 g/mol. The molecule has 1 aromatic heterocycles. The third-order valence-corrected chi connectivity index (χ3v) is 3.93. The van der Waals surface area contributed by atoms with Crippen LogP contribution in [0.15, 0.2) is 27.6 Å². The number of para-hydroxylation sites is 1. The molecule has 0 spiro atoms. The van der Waals surface area contributed by atoms with Crippen LogP contribution in [0.3, 0.4) is 0 Å². The summed E-state index contributed by atoms with van der Waals surface area (Å²) in [4.78, 5) is 13.4. The molecule has 0 aliphatic heterocycles. The number of nitrogens with zero attached hydrogens (tertiary/aromatic N) is 3. The van der Waals surface area contributed by atoms with E-state index in [1.807, 2.05) is 0 Å². The fraction of sp³-hybridized carbons (Fsp3) is 0.200. The van der Waals surface area contributed by atoms with Crippen LogP contribution in [0, 0.1) is 17.0 Å². The van der Waals surface area contributed by atoms with Crippen molar-refractivity contribution in [1.29, 1.82) is 0 Å². The van der Waals surface area contributed by atoms with Crippen LogP contribution >= 0.6 is 0 Å². The zero-order valence-corrected chi connectivity index (χ0v) is 11.6. The van der Waals surface area contributed by atoms with Crippen LogP contribution in [0.2, 0.25) is 0 Å². The van der Waals surface area contributed by atoms with Gasteiger partial charge >= 0.3 is 5.69 Å². The van der Waals surface area contributed by atoms with Gasteiger partial charge < -0.3 is 10.3 Å². The highest BCUT2D eigenvalue weighted by molar-refractivity contribution is 7.89. The largest absolute Gasteiger partial charge is 0.393 e. The van der Waals surface area contributed by atoms with Crippen molar-refractivity contribution >= 4 is 21.4 Å². The number of rotatable bonds is 5. The standard InChI is InChI=1S/C10H11N5O5S/c1-6-13-9(14-20-6)5-12-21(18,19)8-4-2-3-7(11)10(8)15(16)17/h2-4,12H,5,11H2,1H3. The highest BCUT2D eigenvalue weighted by Crippen LogP contribution is 2.29. The van der Waals surface area contributed by atoms with E-state index in [-0.39, 0.29) is 23.9 Å². The molecular formula is C10H11N5O5S. The molecule has 0 aliphatic rings. The lowest BCUT2D eigenvalue weighted by molar-refractivity contribution is -0.386. The lowest BCUT2D eigenvalue weighted by Gasteiger charge is -2.06. The SMILES string of the molecule is Cc1nc(CNS(=O)(=O)c2cccc(N)c2[N+](=O)[O-])no1. The van der Waals surface area contributed by atoms with Gasteiger partial charge in [0.1, 0.15) is 5.69 Å². The summed E-state index contributed by atoms with van der Waals surface area (Å²) in [6.07, 6.45) is 0. The number of nitrogens with one attached hydrogen (secondary N) is 1. The highest BCUT2D eigenvalue weighted by atomic mass is 32.2. The second-order valence-corrected chi connectivity index (χ2v) is 5.74. The molecule has 10 nitrogen and oxygen atoms in total. The summed E-state index contributed by atoms with van der Waals surface area (Å²) in [7, 11) is -4.14. The summed E-state index contributed by atoms with van der Waals surface area (Å²) in [6, 6.07) is 3.66. The molecule has 21 heavy (non-hydrogen) atoms. The molecule has 11 heteroatoms. The van der Waals surface area contributed by atoms with Crippen LogP contribution in [0.4, 0.5) is 11.4 Å². The molecule has 0 aliphatic carbocycles. The van der Waals surface area contributed by atoms with Gasteiger partial charge in [0.25, 0.3) is 0 Å². The first-order valence-electron chi connectivity index (χ1n) is 5.63. The molecule has 112 valence electrons. The zero-order valence-electron chi connectivity index (χ0n) is 10.8. The summed E-state index contributed by atoms with van der Waals surface area (Å²) in [6.45, 7) is 1.29. The van der Waals surface area contributed by atoms with Crippen LogP contribution in [0.25, 0.3) is 0 Å². The number of nitrogens with two attached hydrogens (primary N) is 1. The van der Waals surface area contributed by atoms with Crippen molar-refractivity contribution in [3.05, 3.63) is 40.0 Å². The topological polar surface area (TPSA) is 154 Å². The first-order valence-corrected chi connectivity index (χ1v) is 7.11. The van der Waals surface area contributed by atoms with E-state index in [1.165, 1.54) is 12.1 Å². The molecule has 3 N–H and O–H groups in total. The minimum absolute atomic E-state index is 0.114. The van der Waals surface area contributed by atoms with E-state index >= 15 is 0 Å². The molecule has 0 atom stereocenters. The van der Waals surface area contributed by atoms with Crippen molar-refractivity contribution in [2.45, 2.75) is 18.4 Å². The van der Waals surface area contributed by atoms with Crippen molar-refractivity contribution in [1.82, 2.24) is 14.9 Å². The Bertz CT molecular complexity index is 785. The lowest BCUT2D eigenvalue weighted by atomic mass is 10.3. The first-order chi connectivity index (χ1) is 9.81. The number of nitro benzene ring substituents is 1. The molecule has 0 radical (unpaired) electrons. The quantitative estimate of drug-likeness (QED) is 0.455. The van der Waals surface area contributed by atoms with Gasteiger partial charge in [-0.2, -0.15) is 4.98 Å². The summed E-state index contributed by atoms with van der Waals surface area (Å²) in [5, 5.41) is 14.5. The number of benzene rings is 1. The highest BCUT2D eigenvalue weighted by Gasteiger charge is 2.28. The summed E-state index contributed by atoms with van der Waals surface area (Å²) < 4.78 is 31.1. The maximum absolute atomic E-state index is 12.1. The van der Waals surface area contributed by atoms with E-state index in [9.17, 15) is 18.5 Å². The maximum atomic E-state index is 12.1. The fourth-order valence-electron chi connectivity index (χ4n) is 1.60. The molecule has 0 saturated heterocycles. The van der Waals surface area contributed by atoms with E-state index in [0.29, 0.717) is 0 Å². The van der Waals surface area contributed by atoms with Crippen LogP contribution in [-0.2, 0) is 16.6 Å². The third-order valence-electron chi connectivity index (χ3n) is 2.49. The lowest BCUT2D eigenvalue weighted by Crippen LogP contribution is -2.25. The molecule has 1 heterocycles. The smallest absolute Gasteiger partial charge is 0.312 e. The minimum Gasteiger partial charge on any atom is -0.393 e. The number of hydrogen-bond acceptors (Lipinski definition) is 8. The predicted octanol–water partition coefficient (Wildman–Crippen LogP) is 0.347. The van der Waals surface area contributed by atoms with Gasteiger partial charge in [0.15, 0.2) is 10.7 Å². The Hall–Kier alpha value is -2.53. The van der Waals surface area contributed by atoms with E-state index in [4.69, 9.17) is 10.3 Å². The van der Waals surface area contributed by atoms with Gasteiger partial charge in [0.05, 0.1) is 11.5 Å². The normalized spacial score (nSPS) is 11.5. The van der Waals surface area contributed by atoms with Gasteiger partial charge in [-0.05, 0) is 12.1 Å². The Morgan fingerprint density at radius 3 is 2.76 bits per heavy atom. The van der Waals surface area contributed by atoms with Crippen molar-refractivity contribution in [2.75, 3.05) is 5.73 Å². The molecule has 0 bridgehead atoms. The van der Waals surface area contributed by atoms with Gasteiger partial charge in [-0.1, -0.05) is 11.2 Å². The molecule has 0 unspecified atom stereocenters. The molecule has 0 fully saturated rings. The fourth-order valence-corrected chi connectivity index (χ4v) is 2.78. The predicted molar refractivity (Wildman–Crippen MR) is 70.6 cm³/mol. The average Bonchev–Trinajstić information content (AvgIpc) is 2.82. The van der Waals surface area contributed by atoms with Crippen molar-refractivity contribution in [3.63, 3.8) is 0 Å². The summed E-state index contributed by atoms with van der Waals surface area (Å²) in [5.41, 5.74) is 4.55. The van der Waals surface area contributed by atoms with Gasteiger partial charge in [0.2, 0.25) is 15.9 Å². The zero-order chi connectivity index (χ0) is 15.6. The average molecular weight is 313 g/mol. The van der Waals surface area contributed by atoms with Crippen LogP contribution in [-0.4, -0.2) is 23.5 Å². The maximum Gasteiger partial charge on any atom is 0.312 e. The van der Waals surface area contributed by atoms with Gasteiger partial charge in [-0.15, -0.1) is 0 Å². The van der Waals surface area contributed by atoms with Crippen molar-refractivity contribution < 1.29 is 17.9 Å². The van der Waals surface area contributed by atoms with E-state index in [1.54, 1.807) is 6.92 Å². The second kappa shape index (κ2) is 5.46. The van der Waals surface area contributed by atoms with Crippen LogP contribution in [0.1, 0.15) is 11.7 Å². The Morgan fingerprint density at radius 2 is 2.19 bits per heavy atom. The number of anilines is 1. The molecule has 2 aromatic rings. The Labute approximate surface area is 119 Å². The number of nitrogen functional groups attached to an aromatic ring is 1. The Morgan fingerprint density at radius 1 is 1.48 bits per heavy atom. The third kappa shape index (κ3) is 3.14. The number of nitro groups is 1. The van der Waals surface area contributed by atoms with E-state index < -0.39 is 25.5 Å². The molecule has 0 saturated carbocycles. The second-order valence-electron chi connectivity index (χ2n) is 4.01.